The minimum atomic E-state index is -0.597. The van der Waals surface area contributed by atoms with Crippen LogP contribution < -0.4 is 26.8 Å². The topological polar surface area (TPSA) is 147 Å². The first kappa shape index (κ1) is 27.7. The lowest BCUT2D eigenvalue weighted by molar-refractivity contribution is -0.382. The fraction of sp³-hybridized carbons (Fsp3) is 0.407. The van der Waals surface area contributed by atoms with Crippen molar-refractivity contribution in [3.63, 3.8) is 0 Å². The second-order valence-corrected chi connectivity index (χ2v) is 11.2. The number of benzene rings is 2. The molecule has 0 radical (unpaired) electrons. The van der Waals surface area contributed by atoms with Crippen LogP contribution in [0.3, 0.4) is 0 Å². The summed E-state index contributed by atoms with van der Waals surface area (Å²) in [6, 6.07) is 11.2. The molecule has 3 aliphatic rings. The third-order valence-electron chi connectivity index (χ3n) is 7.54. The largest absolute Gasteiger partial charge is 0.369 e. The maximum absolute atomic E-state index is 13.8. The summed E-state index contributed by atoms with van der Waals surface area (Å²) in [5, 5.41) is 18.3. The standard InChI is InChI=1S/C27H34N8O4S/c1-31-12-14-33(15-13-31)18-6-4-17(5-7-18)16-34-25-24(32(2)30-34)27(37)22-19(26(25)36)8-9-20(23(22)35(38)39)29-21(40-3)10-11-28/h4-9,21,29-30H,10-16,28H2,1-3H3. The van der Waals surface area contributed by atoms with Gasteiger partial charge in [0.25, 0.3) is 0 Å². The van der Waals surface area contributed by atoms with E-state index in [1.54, 1.807) is 11.7 Å². The van der Waals surface area contributed by atoms with E-state index in [4.69, 9.17) is 5.73 Å². The Labute approximate surface area is 234 Å². The molecule has 212 valence electrons. The molecule has 1 aliphatic carbocycles. The molecule has 0 spiro atoms. The molecule has 0 aromatic heterocycles. The summed E-state index contributed by atoms with van der Waals surface area (Å²) in [6.45, 7) is 4.69. The van der Waals surface area contributed by atoms with Crippen molar-refractivity contribution in [1.29, 1.82) is 0 Å². The lowest BCUT2D eigenvalue weighted by Gasteiger charge is -2.34. The van der Waals surface area contributed by atoms with Gasteiger partial charge in [-0.25, -0.2) is 5.21 Å². The Morgan fingerprint density at radius 3 is 2.38 bits per heavy atom. The maximum atomic E-state index is 13.8. The number of rotatable bonds is 9. The van der Waals surface area contributed by atoms with E-state index in [2.05, 4.69) is 39.5 Å². The number of hydrogen-bond donors (Lipinski definition) is 3. The average molecular weight is 567 g/mol. The van der Waals surface area contributed by atoms with E-state index in [-0.39, 0.29) is 32.5 Å². The fourth-order valence-corrected chi connectivity index (χ4v) is 5.98. The van der Waals surface area contributed by atoms with Crippen molar-refractivity contribution in [3.8, 4) is 0 Å². The number of nitro groups is 1. The van der Waals surface area contributed by atoms with Crippen LogP contribution in [-0.4, -0.2) is 75.8 Å². The van der Waals surface area contributed by atoms with Crippen LogP contribution in [0.25, 0.3) is 10.8 Å². The van der Waals surface area contributed by atoms with Gasteiger partial charge >= 0.3 is 5.69 Å². The minimum absolute atomic E-state index is 0.0213. The van der Waals surface area contributed by atoms with Gasteiger partial charge in [0.05, 0.1) is 16.8 Å². The van der Waals surface area contributed by atoms with Crippen LogP contribution in [0.1, 0.15) is 12.0 Å². The summed E-state index contributed by atoms with van der Waals surface area (Å²) in [7, 11) is 3.75. The number of aromatic amines is 1. The van der Waals surface area contributed by atoms with E-state index in [9.17, 15) is 19.7 Å². The van der Waals surface area contributed by atoms with E-state index in [0.717, 1.165) is 37.4 Å². The average Bonchev–Trinajstić information content (AvgIpc) is 3.27. The summed E-state index contributed by atoms with van der Waals surface area (Å²) >= 11 is 1.47. The summed E-state index contributed by atoms with van der Waals surface area (Å²) in [6.07, 6.45) is 2.45. The lowest BCUT2D eigenvalue weighted by Crippen LogP contribution is -2.44. The number of likely N-dealkylation sites (N-methyl/N-ethyl adjacent to an activating group) is 1. The molecule has 0 amide bonds. The van der Waals surface area contributed by atoms with Crippen LogP contribution >= 0.6 is 11.8 Å². The zero-order valence-corrected chi connectivity index (χ0v) is 23.7. The first-order valence-electron chi connectivity index (χ1n) is 13.2. The lowest BCUT2D eigenvalue weighted by atomic mass is 10.1. The monoisotopic (exact) mass is 566 g/mol. The normalized spacial score (nSPS) is 15.2. The van der Waals surface area contributed by atoms with E-state index in [1.165, 1.54) is 28.6 Å². The molecule has 1 fully saturated rings. The number of fused-ring (bicyclic) bond motifs is 1. The third kappa shape index (κ3) is 5.07. The second kappa shape index (κ2) is 11.4. The van der Waals surface area contributed by atoms with Gasteiger partial charge in [-0.2, -0.15) is 0 Å². The van der Waals surface area contributed by atoms with Crippen LogP contribution in [0, 0.1) is 20.8 Å². The van der Waals surface area contributed by atoms with E-state index in [1.807, 2.05) is 18.4 Å². The number of nitro benzene ring substituents is 1. The molecule has 2 aliphatic heterocycles. The number of H-pyrrole nitrogens is 1. The van der Waals surface area contributed by atoms with Gasteiger partial charge in [0.1, 0.15) is 21.8 Å². The van der Waals surface area contributed by atoms with E-state index >= 15 is 0 Å². The van der Waals surface area contributed by atoms with Crippen molar-refractivity contribution in [2.45, 2.75) is 18.3 Å². The fourth-order valence-electron chi connectivity index (χ4n) is 5.37. The van der Waals surface area contributed by atoms with Crippen molar-refractivity contribution >= 4 is 39.6 Å². The molecule has 0 bridgehead atoms. The molecule has 12 nitrogen and oxygen atoms in total. The number of anilines is 2. The molecule has 2 aromatic rings. The Morgan fingerprint density at radius 2 is 1.75 bits per heavy atom. The minimum Gasteiger partial charge on any atom is -0.369 e. The predicted octanol–water partition coefficient (Wildman–Crippen LogP) is 1.91. The van der Waals surface area contributed by atoms with Gasteiger partial charge in [0, 0.05) is 44.3 Å². The SMILES string of the molecule is CSC(CCN)Nc1ccc2c(=O)c3n(Cc4ccc(N5CCN(C)CC5)cc4)[nH]n(C)c=3c(=O)c2c1[N+](=O)[O-]. The quantitative estimate of drug-likeness (QED) is 0.157. The highest BCUT2D eigenvalue weighted by Gasteiger charge is 2.26. The number of nitrogens with one attached hydrogen (secondary N) is 2. The molecule has 2 aromatic carbocycles. The highest BCUT2D eigenvalue weighted by Crippen LogP contribution is 2.32. The molecule has 1 saturated heterocycles. The smallest absolute Gasteiger partial charge is 0.304 e. The molecule has 5 rings (SSSR count). The number of hydrogen-bond acceptors (Lipinski definition) is 9. The van der Waals surface area contributed by atoms with Gasteiger partial charge in [0.15, 0.2) is 0 Å². The summed E-state index contributed by atoms with van der Waals surface area (Å²) < 4.78 is 3.09. The Bertz CT molecular complexity index is 1720. The van der Waals surface area contributed by atoms with Crippen LogP contribution in [0.15, 0.2) is 46.0 Å². The molecule has 13 heteroatoms. The zero-order chi connectivity index (χ0) is 28.6. The molecule has 40 heavy (non-hydrogen) atoms. The van der Waals surface area contributed by atoms with Crippen molar-refractivity contribution < 1.29 is 4.92 Å². The highest BCUT2D eigenvalue weighted by atomic mass is 32.2. The Balaban J connectivity index is 1.58. The van der Waals surface area contributed by atoms with Crippen molar-refractivity contribution in [1.82, 2.24) is 19.5 Å². The van der Waals surface area contributed by atoms with Gasteiger partial charge in [-0.15, -0.1) is 11.8 Å². The van der Waals surface area contributed by atoms with Crippen LogP contribution in [0.4, 0.5) is 17.1 Å². The van der Waals surface area contributed by atoms with E-state index < -0.39 is 21.5 Å². The number of thioether (sulfide) groups is 1. The molecule has 4 N–H and O–H groups in total. The zero-order valence-electron chi connectivity index (χ0n) is 22.8. The Morgan fingerprint density at radius 1 is 1.05 bits per heavy atom. The Kier molecular flexibility index (Phi) is 7.88. The molecular weight excluding hydrogens is 532 g/mol. The summed E-state index contributed by atoms with van der Waals surface area (Å²) in [5.41, 5.74) is 6.57. The maximum Gasteiger partial charge on any atom is 0.304 e. The van der Waals surface area contributed by atoms with Gasteiger partial charge < -0.3 is 20.9 Å². The predicted molar refractivity (Wildman–Crippen MR) is 160 cm³/mol. The van der Waals surface area contributed by atoms with Gasteiger partial charge in [-0.1, -0.05) is 12.1 Å². The van der Waals surface area contributed by atoms with Gasteiger partial charge in [-0.3, -0.25) is 29.1 Å². The van der Waals surface area contributed by atoms with Crippen molar-refractivity contribution in [2.75, 3.05) is 56.2 Å². The van der Waals surface area contributed by atoms with Crippen molar-refractivity contribution in [3.05, 3.63) is 83.2 Å². The van der Waals surface area contributed by atoms with Gasteiger partial charge in [-0.05, 0) is 56.1 Å². The molecule has 0 saturated carbocycles. The first-order chi connectivity index (χ1) is 19.2. The summed E-state index contributed by atoms with van der Waals surface area (Å²) in [4.78, 5) is 43.8. The number of nitrogens with two attached hydrogens (primary N) is 1. The van der Waals surface area contributed by atoms with E-state index in [0.29, 0.717) is 19.5 Å². The Hall–Kier alpha value is -3.81. The van der Waals surface area contributed by atoms with Crippen LogP contribution in [0.2, 0.25) is 0 Å². The molecule has 1 atom stereocenters. The molecule has 2 heterocycles. The van der Waals surface area contributed by atoms with Crippen LogP contribution in [0.5, 0.6) is 0 Å². The van der Waals surface area contributed by atoms with Crippen molar-refractivity contribution in [2.24, 2.45) is 12.8 Å². The first-order valence-corrected chi connectivity index (χ1v) is 14.5. The molecule has 1 unspecified atom stereocenters. The second-order valence-electron chi connectivity index (χ2n) is 10.1. The summed E-state index contributed by atoms with van der Waals surface area (Å²) in [5.74, 6) is 0. The van der Waals surface area contributed by atoms with Gasteiger partial charge in [0.2, 0.25) is 10.9 Å². The number of aryl methyl sites for hydroxylation is 1. The van der Waals surface area contributed by atoms with Crippen LogP contribution in [-0.2, 0) is 13.6 Å². The molecular formula is C27H34N8O4S. The number of piperazine rings is 1. The number of nitrogens with zero attached hydrogens (tertiary/aromatic N) is 5. The highest BCUT2D eigenvalue weighted by molar-refractivity contribution is 7.99. The number of aromatic nitrogens is 3. The third-order valence-corrected chi connectivity index (χ3v) is 8.46.